The molecular formula is C12H12N2O. The van der Waals surface area contributed by atoms with Gasteiger partial charge in [-0.3, -0.25) is 4.79 Å². The molecule has 0 aliphatic heterocycles. The predicted molar refractivity (Wildman–Crippen MR) is 58.5 cm³/mol. The Morgan fingerprint density at radius 2 is 1.87 bits per heavy atom. The molecule has 0 fully saturated rings. The fourth-order valence-corrected chi connectivity index (χ4v) is 1.46. The maximum atomic E-state index is 11.9. The van der Waals surface area contributed by atoms with E-state index >= 15 is 0 Å². The number of hydrogen-bond donors (Lipinski definition) is 2. The molecule has 0 aliphatic carbocycles. The van der Waals surface area contributed by atoms with Crippen molar-refractivity contribution >= 4 is 5.78 Å². The molecule has 0 bridgehead atoms. The number of aromatic nitrogens is 1. The lowest BCUT2D eigenvalue weighted by Crippen LogP contribution is -2.21. The van der Waals surface area contributed by atoms with Crippen LogP contribution in [0, 0.1) is 0 Å². The van der Waals surface area contributed by atoms with Crippen LogP contribution in [-0.4, -0.2) is 10.8 Å². The Hall–Kier alpha value is -1.87. The van der Waals surface area contributed by atoms with Gasteiger partial charge in [0.1, 0.15) is 6.04 Å². The third-order valence-electron chi connectivity index (χ3n) is 2.30. The number of hydrogen-bond acceptors (Lipinski definition) is 2. The van der Waals surface area contributed by atoms with Gasteiger partial charge in [-0.25, -0.2) is 0 Å². The van der Waals surface area contributed by atoms with E-state index in [0.29, 0.717) is 5.56 Å². The first-order valence-electron chi connectivity index (χ1n) is 4.77. The Labute approximate surface area is 87.9 Å². The van der Waals surface area contributed by atoms with Gasteiger partial charge in [0, 0.05) is 17.5 Å². The SMILES string of the molecule is NC(C(=O)c1ccccc1)c1ccc[nH]1. The minimum absolute atomic E-state index is 0.0712. The Morgan fingerprint density at radius 3 is 2.47 bits per heavy atom. The van der Waals surface area contributed by atoms with E-state index in [0.717, 1.165) is 5.69 Å². The van der Waals surface area contributed by atoms with Gasteiger partial charge in [-0.15, -0.1) is 0 Å². The summed E-state index contributed by atoms with van der Waals surface area (Å²) in [5.74, 6) is -0.0712. The Balaban J connectivity index is 2.23. The van der Waals surface area contributed by atoms with Crippen molar-refractivity contribution < 1.29 is 4.79 Å². The molecule has 0 aliphatic rings. The Kier molecular flexibility index (Phi) is 2.65. The number of nitrogens with two attached hydrogens (primary N) is 1. The zero-order valence-electron chi connectivity index (χ0n) is 8.18. The number of carbonyl (C=O) groups is 1. The number of aromatic amines is 1. The lowest BCUT2D eigenvalue weighted by atomic mass is 10.0. The van der Waals surface area contributed by atoms with Crippen LogP contribution in [0.1, 0.15) is 22.1 Å². The van der Waals surface area contributed by atoms with E-state index in [2.05, 4.69) is 4.98 Å². The highest BCUT2D eigenvalue weighted by Crippen LogP contribution is 2.13. The van der Waals surface area contributed by atoms with Crippen LogP contribution >= 0.6 is 0 Å². The van der Waals surface area contributed by atoms with E-state index in [1.165, 1.54) is 0 Å². The predicted octanol–water partition coefficient (Wildman–Crippen LogP) is 1.90. The van der Waals surface area contributed by atoms with Crippen LogP contribution in [0.4, 0.5) is 0 Å². The third kappa shape index (κ3) is 1.97. The van der Waals surface area contributed by atoms with Crippen LogP contribution in [-0.2, 0) is 0 Å². The number of ketones is 1. The van der Waals surface area contributed by atoms with Crippen molar-refractivity contribution in [1.82, 2.24) is 4.98 Å². The lowest BCUT2D eigenvalue weighted by molar-refractivity contribution is 0.0960. The topological polar surface area (TPSA) is 58.9 Å². The van der Waals surface area contributed by atoms with E-state index in [-0.39, 0.29) is 5.78 Å². The molecule has 0 saturated heterocycles. The minimum atomic E-state index is -0.609. The summed E-state index contributed by atoms with van der Waals surface area (Å²) in [6.45, 7) is 0. The van der Waals surface area contributed by atoms with Crippen LogP contribution < -0.4 is 5.73 Å². The smallest absolute Gasteiger partial charge is 0.185 e. The summed E-state index contributed by atoms with van der Waals surface area (Å²) in [6.07, 6.45) is 1.76. The molecule has 15 heavy (non-hydrogen) atoms. The molecule has 1 heterocycles. The molecule has 3 N–H and O–H groups in total. The summed E-state index contributed by atoms with van der Waals surface area (Å²) in [5, 5.41) is 0. The Morgan fingerprint density at radius 1 is 1.13 bits per heavy atom. The second kappa shape index (κ2) is 4.11. The number of benzene rings is 1. The molecule has 3 nitrogen and oxygen atoms in total. The normalized spacial score (nSPS) is 12.3. The van der Waals surface area contributed by atoms with Crippen LogP contribution in [0.25, 0.3) is 0 Å². The maximum absolute atomic E-state index is 11.9. The summed E-state index contributed by atoms with van der Waals surface area (Å²) in [5.41, 5.74) is 7.21. The lowest BCUT2D eigenvalue weighted by Gasteiger charge is -2.08. The first-order valence-corrected chi connectivity index (χ1v) is 4.77. The molecule has 1 aromatic carbocycles. The second-order valence-electron chi connectivity index (χ2n) is 3.33. The van der Waals surface area contributed by atoms with Crippen LogP contribution in [0.3, 0.4) is 0 Å². The molecule has 0 radical (unpaired) electrons. The molecule has 2 aromatic rings. The summed E-state index contributed by atoms with van der Waals surface area (Å²) in [4.78, 5) is 14.8. The van der Waals surface area contributed by atoms with E-state index in [1.54, 1.807) is 18.3 Å². The van der Waals surface area contributed by atoms with Gasteiger partial charge in [0.2, 0.25) is 0 Å². The maximum Gasteiger partial charge on any atom is 0.185 e. The van der Waals surface area contributed by atoms with Gasteiger partial charge in [0.05, 0.1) is 0 Å². The first kappa shape index (κ1) is 9.68. The van der Waals surface area contributed by atoms with Crippen molar-refractivity contribution in [3.05, 3.63) is 59.9 Å². The van der Waals surface area contributed by atoms with Gasteiger partial charge in [0.15, 0.2) is 5.78 Å². The minimum Gasteiger partial charge on any atom is -0.363 e. The first-order chi connectivity index (χ1) is 7.29. The van der Waals surface area contributed by atoms with E-state index < -0.39 is 6.04 Å². The van der Waals surface area contributed by atoms with E-state index in [1.807, 2.05) is 30.3 Å². The molecule has 3 heteroatoms. The van der Waals surface area contributed by atoms with Gasteiger partial charge < -0.3 is 10.7 Å². The number of carbonyl (C=O) groups excluding carboxylic acids is 1. The van der Waals surface area contributed by atoms with Gasteiger partial charge >= 0.3 is 0 Å². The Bertz CT molecular complexity index is 434. The summed E-state index contributed by atoms with van der Waals surface area (Å²) in [7, 11) is 0. The van der Waals surface area contributed by atoms with Crippen LogP contribution in [0.15, 0.2) is 48.7 Å². The fourth-order valence-electron chi connectivity index (χ4n) is 1.46. The number of Topliss-reactive ketones (excluding diaryl/α,β-unsaturated/α-hetero) is 1. The summed E-state index contributed by atoms with van der Waals surface area (Å²) < 4.78 is 0. The van der Waals surface area contributed by atoms with Crippen molar-refractivity contribution in [3.63, 3.8) is 0 Å². The van der Waals surface area contributed by atoms with Crippen molar-refractivity contribution in [2.24, 2.45) is 5.73 Å². The van der Waals surface area contributed by atoms with Crippen molar-refractivity contribution in [2.75, 3.05) is 0 Å². The molecule has 0 amide bonds. The number of rotatable bonds is 3. The zero-order chi connectivity index (χ0) is 10.7. The highest BCUT2D eigenvalue weighted by Gasteiger charge is 2.17. The molecule has 1 atom stereocenters. The molecule has 1 unspecified atom stereocenters. The monoisotopic (exact) mass is 200 g/mol. The average molecular weight is 200 g/mol. The molecular weight excluding hydrogens is 188 g/mol. The molecule has 0 spiro atoms. The zero-order valence-corrected chi connectivity index (χ0v) is 8.18. The van der Waals surface area contributed by atoms with Gasteiger partial charge in [0.25, 0.3) is 0 Å². The van der Waals surface area contributed by atoms with Crippen LogP contribution in [0.5, 0.6) is 0 Å². The van der Waals surface area contributed by atoms with Crippen molar-refractivity contribution in [1.29, 1.82) is 0 Å². The molecule has 76 valence electrons. The largest absolute Gasteiger partial charge is 0.363 e. The van der Waals surface area contributed by atoms with E-state index in [9.17, 15) is 4.79 Å². The van der Waals surface area contributed by atoms with Crippen molar-refractivity contribution in [2.45, 2.75) is 6.04 Å². The molecule has 0 saturated carbocycles. The highest BCUT2D eigenvalue weighted by molar-refractivity contribution is 6.00. The number of H-pyrrole nitrogens is 1. The third-order valence-corrected chi connectivity index (χ3v) is 2.30. The molecule has 2 rings (SSSR count). The highest BCUT2D eigenvalue weighted by atomic mass is 16.1. The van der Waals surface area contributed by atoms with Gasteiger partial charge in [-0.2, -0.15) is 0 Å². The van der Waals surface area contributed by atoms with Crippen molar-refractivity contribution in [3.8, 4) is 0 Å². The molecule has 1 aromatic heterocycles. The summed E-state index contributed by atoms with van der Waals surface area (Å²) in [6, 6.07) is 12.1. The number of nitrogens with one attached hydrogen (secondary N) is 1. The quantitative estimate of drug-likeness (QED) is 0.743. The van der Waals surface area contributed by atoms with Gasteiger partial charge in [-0.05, 0) is 12.1 Å². The van der Waals surface area contributed by atoms with E-state index in [4.69, 9.17) is 5.73 Å². The second-order valence-corrected chi connectivity index (χ2v) is 3.33. The fraction of sp³-hybridized carbons (Fsp3) is 0.0833. The van der Waals surface area contributed by atoms with Crippen LogP contribution in [0.2, 0.25) is 0 Å². The summed E-state index contributed by atoms with van der Waals surface area (Å²) >= 11 is 0. The standard InChI is InChI=1S/C12H12N2O/c13-11(10-7-4-8-14-10)12(15)9-5-2-1-3-6-9/h1-8,11,14H,13H2. The van der Waals surface area contributed by atoms with Gasteiger partial charge in [-0.1, -0.05) is 30.3 Å². The average Bonchev–Trinajstić information content (AvgIpc) is 2.82.